The minimum atomic E-state index is -1.77. The minimum absolute atomic E-state index is 0.610. The second-order valence-corrected chi connectivity index (χ2v) is 11.3. The summed E-state index contributed by atoms with van der Waals surface area (Å²) in [5.41, 5.74) is 0. The number of imide groups is 1. The standard InChI is InChI=1S/C30H41N3O20/c1-11(34)44-9-19-21(46-13(3)36)23(48-15(5)38)25(50-17(7)40)27(52-19)31-29(42)33-30(43)32-28-26(51-18(8)41)24(49-16(6)39)22(47-14(4)37)20(53-28)10-45-12(2)35/h19-28H,9-10H2,1-8H3,(H3,31,32,33,42,43)/t19-,20-,21-,22+,23+,24+,25-,26-,27-,28-/m1/s1. The van der Waals surface area contributed by atoms with Crippen molar-refractivity contribution in [3.05, 3.63) is 0 Å². The highest BCUT2D eigenvalue weighted by Gasteiger charge is 2.54. The van der Waals surface area contributed by atoms with Crippen LogP contribution >= 0.6 is 0 Å². The number of esters is 8. The van der Waals surface area contributed by atoms with Gasteiger partial charge in [-0.25, -0.2) is 9.59 Å². The van der Waals surface area contributed by atoms with Crippen LogP contribution < -0.4 is 16.0 Å². The molecule has 0 unspecified atom stereocenters. The van der Waals surface area contributed by atoms with Crippen molar-refractivity contribution in [3.8, 4) is 0 Å². The Kier molecular flexibility index (Phi) is 16.3. The number of ether oxygens (including phenoxy) is 10. The van der Waals surface area contributed by atoms with E-state index in [0.29, 0.717) is 0 Å². The lowest BCUT2D eigenvalue weighted by Crippen LogP contribution is -2.68. The van der Waals surface area contributed by atoms with Gasteiger partial charge < -0.3 is 58.0 Å². The molecule has 23 nitrogen and oxygen atoms in total. The van der Waals surface area contributed by atoms with Gasteiger partial charge in [-0.15, -0.1) is 0 Å². The number of hydrogen-bond donors (Lipinski definition) is 3. The van der Waals surface area contributed by atoms with Gasteiger partial charge in [-0.3, -0.25) is 43.7 Å². The summed E-state index contributed by atoms with van der Waals surface area (Å²) in [6.45, 7) is 6.82. The Morgan fingerprint density at radius 2 is 0.660 bits per heavy atom. The summed E-state index contributed by atoms with van der Waals surface area (Å²) in [4.78, 5) is 122. The molecule has 23 heteroatoms. The monoisotopic (exact) mass is 763 g/mol. The summed E-state index contributed by atoms with van der Waals surface area (Å²) >= 11 is 0. The van der Waals surface area contributed by atoms with E-state index in [1.807, 2.05) is 5.32 Å². The van der Waals surface area contributed by atoms with Crippen molar-refractivity contribution in [1.29, 1.82) is 0 Å². The van der Waals surface area contributed by atoms with Gasteiger partial charge in [0, 0.05) is 55.4 Å². The van der Waals surface area contributed by atoms with Gasteiger partial charge >= 0.3 is 59.8 Å². The van der Waals surface area contributed by atoms with E-state index < -0.39 is 134 Å². The SMILES string of the molecule is CC(=O)OC[C@H]1O[C@@H](NC(=O)NC(=O)N[C@@H]2O[C@H](COC(C)=O)[C@@H](OC(C)=O)[C@H](OC(C)=O)[C@H]2OC(C)=O)[C@H](OC(C)=O)[C@@H](OC(C)=O)[C@H]1OC(C)=O. The van der Waals surface area contributed by atoms with E-state index in [9.17, 15) is 47.9 Å². The van der Waals surface area contributed by atoms with Crippen LogP contribution in [0.5, 0.6) is 0 Å². The molecule has 2 aliphatic heterocycles. The molecule has 2 heterocycles. The number of urea groups is 2. The highest BCUT2D eigenvalue weighted by atomic mass is 16.7. The molecule has 53 heavy (non-hydrogen) atoms. The largest absolute Gasteiger partial charge is 0.463 e. The molecule has 0 aliphatic carbocycles. The van der Waals surface area contributed by atoms with Crippen molar-refractivity contribution in [2.24, 2.45) is 0 Å². The third kappa shape index (κ3) is 14.2. The molecule has 0 aromatic carbocycles. The van der Waals surface area contributed by atoms with Gasteiger partial charge in [0.2, 0.25) is 0 Å². The van der Waals surface area contributed by atoms with Crippen molar-refractivity contribution in [2.45, 2.75) is 117 Å². The van der Waals surface area contributed by atoms with E-state index in [-0.39, 0.29) is 0 Å². The van der Waals surface area contributed by atoms with E-state index in [4.69, 9.17) is 47.4 Å². The minimum Gasteiger partial charge on any atom is -0.463 e. The predicted octanol–water partition coefficient (Wildman–Crippen LogP) is -1.84. The van der Waals surface area contributed by atoms with Crippen molar-refractivity contribution in [2.75, 3.05) is 13.2 Å². The van der Waals surface area contributed by atoms with E-state index in [0.717, 1.165) is 55.4 Å². The lowest BCUT2D eigenvalue weighted by Gasteiger charge is -2.44. The second kappa shape index (κ2) is 19.9. The number of amides is 4. The van der Waals surface area contributed by atoms with Crippen molar-refractivity contribution in [3.63, 3.8) is 0 Å². The molecule has 4 amide bonds. The van der Waals surface area contributed by atoms with Gasteiger partial charge in [-0.2, -0.15) is 0 Å². The molecule has 0 aromatic rings. The zero-order valence-electron chi connectivity index (χ0n) is 29.9. The predicted molar refractivity (Wildman–Crippen MR) is 164 cm³/mol. The maximum Gasteiger partial charge on any atom is 0.325 e. The number of carbonyl (C=O) groups is 10. The van der Waals surface area contributed by atoms with Crippen LogP contribution in [0.4, 0.5) is 9.59 Å². The molecule has 2 aliphatic rings. The van der Waals surface area contributed by atoms with Gasteiger partial charge in [0.1, 0.15) is 25.4 Å². The summed E-state index contributed by atoms with van der Waals surface area (Å²) in [5.74, 6) is -7.19. The molecular formula is C30H41N3O20. The maximum absolute atomic E-state index is 13.1. The van der Waals surface area contributed by atoms with Crippen LogP contribution in [0.3, 0.4) is 0 Å². The van der Waals surface area contributed by atoms with Crippen LogP contribution in [0.1, 0.15) is 55.4 Å². The quantitative estimate of drug-likeness (QED) is 0.145. The molecule has 2 fully saturated rings. The average molecular weight is 764 g/mol. The molecule has 10 atom stereocenters. The summed E-state index contributed by atoms with van der Waals surface area (Å²) < 4.78 is 53.0. The highest BCUT2D eigenvalue weighted by Crippen LogP contribution is 2.30. The van der Waals surface area contributed by atoms with Crippen LogP contribution in [-0.2, 0) is 85.7 Å². The molecule has 2 rings (SSSR count). The first-order valence-electron chi connectivity index (χ1n) is 15.7. The van der Waals surface area contributed by atoms with Crippen LogP contribution in [-0.4, -0.2) is 134 Å². The van der Waals surface area contributed by atoms with E-state index in [1.165, 1.54) is 0 Å². The van der Waals surface area contributed by atoms with Gasteiger partial charge in [0.05, 0.1) is 0 Å². The number of rotatable bonds is 12. The molecule has 0 spiro atoms. The lowest BCUT2D eigenvalue weighted by molar-refractivity contribution is -0.255. The van der Waals surface area contributed by atoms with E-state index in [1.54, 1.807) is 0 Å². The normalized spacial score (nSPS) is 27.6. The molecule has 0 radical (unpaired) electrons. The Labute approximate surface area is 301 Å². The van der Waals surface area contributed by atoms with Crippen LogP contribution in [0, 0.1) is 0 Å². The van der Waals surface area contributed by atoms with Crippen molar-refractivity contribution in [1.82, 2.24) is 16.0 Å². The Hall–Kier alpha value is -5.58. The number of hydrogen-bond acceptors (Lipinski definition) is 20. The molecule has 0 aromatic heterocycles. The van der Waals surface area contributed by atoms with Crippen LogP contribution in [0.2, 0.25) is 0 Å². The topological polar surface area (TPSA) is 299 Å². The Morgan fingerprint density at radius 3 is 0.925 bits per heavy atom. The first kappa shape index (κ1) is 43.6. The zero-order chi connectivity index (χ0) is 40.2. The molecular weight excluding hydrogens is 722 g/mol. The third-order valence-electron chi connectivity index (χ3n) is 6.76. The smallest absolute Gasteiger partial charge is 0.325 e. The summed E-state index contributed by atoms with van der Waals surface area (Å²) in [5, 5.41) is 6.24. The molecule has 0 saturated carbocycles. The van der Waals surface area contributed by atoms with E-state index in [2.05, 4.69) is 10.6 Å². The van der Waals surface area contributed by atoms with Gasteiger partial charge in [0.25, 0.3) is 0 Å². The van der Waals surface area contributed by atoms with Crippen molar-refractivity contribution < 1.29 is 95.3 Å². The van der Waals surface area contributed by atoms with Crippen LogP contribution in [0.15, 0.2) is 0 Å². The summed E-state index contributed by atoms with van der Waals surface area (Å²) in [6.07, 6.45) is -16.2. The summed E-state index contributed by atoms with van der Waals surface area (Å²) in [6, 6.07) is -2.73. The van der Waals surface area contributed by atoms with E-state index >= 15 is 0 Å². The van der Waals surface area contributed by atoms with Gasteiger partial charge in [0.15, 0.2) is 49.1 Å². The number of nitrogens with one attached hydrogen (secondary N) is 3. The lowest BCUT2D eigenvalue weighted by atomic mass is 9.97. The average Bonchev–Trinajstić information content (AvgIpc) is 2.99. The third-order valence-corrected chi connectivity index (χ3v) is 6.76. The van der Waals surface area contributed by atoms with Gasteiger partial charge in [-0.1, -0.05) is 0 Å². The Bertz CT molecular complexity index is 1330. The van der Waals surface area contributed by atoms with Crippen molar-refractivity contribution >= 4 is 59.8 Å². The fourth-order valence-corrected chi connectivity index (χ4v) is 5.12. The molecule has 2 saturated heterocycles. The fraction of sp³-hybridized carbons (Fsp3) is 0.667. The zero-order valence-corrected chi connectivity index (χ0v) is 29.9. The highest BCUT2D eigenvalue weighted by molar-refractivity contribution is 5.93. The molecule has 3 N–H and O–H groups in total. The second-order valence-electron chi connectivity index (χ2n) is 11.3. The fourth-order valence-electron chi connectivity index (χ4n) is 5.12. The molecule has 296 valence electrons. The number of carbonyl (C=O) groups excluding carboxylic acids is 10. The Balaban J connectivity index is 2.41. The Morgan fingerprint density at radius 1 is 0.396 bits per heavy atom. The molecule has 0 bridgehead atoms. The van der Waals surface area contributed by atoms with Crippen LogP contribution in [0.25, 0.3) is 0 Å². The summed E-state index contributed by atoms with van der Waals surface area (Å²) in [7, 11) is 0. The first-order valence-corrected chi connectivity index (χ1v) is 15.7. The van der Waals surface area contributed by atoms with Gasteiger partial charge in [-0.05, 0) is 0 Å². The maximum atomic E-state index is 13.1. The first-order chi connectivity index (χ1) is 24.7.